The van der Waals surface area contributed by atoms with E-state index in [1.54, 1.807) is 12.1 Å². The average molecular weight is 244 g/mol. The van der Waals surface area contributed by atoms with Crippen molar-refractivity contribution in [3.63, 3.8) is 0 Å². The number of benzene rings is 1. The number of carboxylic acid groups (broad SMARTS) is 1. The van der Waals surface area contributed by atoms with E-state index in [4.69, 9.17) is 23.5 Å². The fourth-order valence-electron chi connectivity index (χ4n) is 0.654. The van der Waals surface area contributed by atoms with E-state index in [2.05, 4.69) is 0 Å². The normalized spacial score (nSPS) is 8.47. The molecule has 0 aliphatic carbocycles. The number of aromatic carboxylic acids is 1. The molecule has 6 nitrogen and oxygen atoms in total. The second-order valence-corrected chi connectivity index (χ2v) is 2.51. The van der Waals surface area contributed by atoms with Crippen molar-refractivity contribution in [2.45, 2.75) is 0 Å². The third-order valence-electron chi connectivity index (χ3n) is 1.13. The molecule has 80 valence electrons. The molecule has 1 rings (SSSR count). The van der Waals surface area contributed by atoms with E-state index < -0.39 is 17.3 Å². The largest absolute Gasteiger partial charge is 1.00 e. The molecule has 0 radical (unpaired) electrons. The Labute approximate surface area is 112 Å². The number of phenols is 1. The molecule has 0 saturated carbocycles. The Kier molecular flexibility index (Phi) is 10.00. The molecule has 0 aromatic heterocycles. The van der Waals surface area contributed by atoms with Crippen LogP contribution in [0, 0.1) is 0 Å². The molecule has 1 aromatic rings. The van der Waals surface area contributed by atoms with E-state index in [1.165, 1.54) is 12.1 Å². The van der Waals surface area contributed by atoms with Crippen molar-refractivity contribution >= 4 is 17.3 Å². The molecule has 0 spiro atoms. The molecule has 0 bridgehead atoms. The van der Waals surface area contributed by atoms with Gasteiger partial charge in [-0.3, -0.25) is 9.11 Å². The summed E-state index contributed by atoms with van der Waals surface area (Å²) in [7, 11) is 0. The topological polar surface area (TPSA) is 115 Å². The van der Waals surface area contributed by atoms with Crippen molar-refractivity contribution in [1.29, 1.82) is 0 Å². The van der Waals surface area contributed by atoms with Gasteiger partial charge in [0, 0.05) is 0 Å². The minimum Gasteiger partial charge on any atom is -1.00 e. The summed E-state index contributed by atoms with van der Waals surface area (Å²) in [6.07, 6.45) is 0. The minimum absolute atomic E-state index is 0. The zero-order chi connectivity index (χ0) is 11.1. The number of para-hydroxylation sites is 1. The van der Waals surface area contributed by atoms with E-state index in [0.717, 1.165) is 0 Å². The monoisotopic (exact) mass is 244 g/mol. The Morgan fingerprint density at radius 2 is 1.67 bits per heavy atom. The Morgan fingerprint density at radius 3 is 1.93 bits per heavy atom. The molecular formula is C7H9NaO6S. The summed E-state index contributed by atoms with van der Waals surface area (Å²) in [6, 6.07) is 5.81. The maximum absolute atomic E-state index is 10.3. The van der Waals surface area contributed by atoms with Crippen molar-refractivity contribution in [2.24, 2.45) is 0 Å². The van der Waals surface area contributed by atoms with Gasteiger partial charge in [0.15, 0.2) is 0 Å². The average Bonchev–Trinajstić information content (AvgIpc) is 2.03. The SMILES string of the molecule is O=C(O)c1ccccc1O.O=S(O)O.[H-].[Na+]. The molecule has 1 aromatic carbocycles. The number of rotatable bonds is 1. The smallest absolute Gasteiger partial charge is 1.00 e. The molecule has 8 heteroatoms. The first-order valence-electron chi connectivity index (χ1n) is 3.26. The summed E-state index contributed by atoms with van der Waals surface area (Å²) in [5.74, 6) is -1.31. The zero-order valence-corrected chi connectivity index (χ0v) is 10.6. The number of hydrogen-bond donors (Lipinski definition) is 4. The summed E-state index contributed by atoms with van der Waals surface area (Å²) in [4.78, 5) is 10.3. The van der Waals surface area contributed by atoms with Crippen LogP contribution in [-0.2, 0) is 11.4 Å². The number of hydrogen-bond acceptors (Lipinski definition) is 3. The maximum Gasteiger partial charge on any atom is 1.00 e. The Bertz CT molecular complexity index is 343. The van der Waals surface area contributed by atoms with Gasteiger partial charge < -0.3 is 11.6 Å². The molecule has 0 atom stereocenters. The molecule has 0 fully saturated rings. The standard InChI is InChI=1S/C7H6O3.Na.H2O3S.H/c8-6-4-2-1-3-5(6)7(9)10;;1-4(2)3;/h1-4,8H,(H,9,10);;(H2,1,2,3);/q;+1;;-1. The van der Waals surface area contributed by atoms with Crippen molar-refractivity contribution in [3.8, 4) is 5.75 Å². The minimum atomic E-state index is -2.61. The zero-order valence-electron chi connectivity index (χ0n) is 8.82. The molecule has 0 unspecified atom stereocenters. The van der Waals surface area contributed by atoms with Crippen molar-refractivity contribution in [2.75, 3.05) is 0 Å². The van der Waals surface area contributed by atoms with Gasteiger partial charge >= 0.3 is 35.5 Å². The first-order valence-corrected chi connectivity index (χ1v) is 4.32. The Hall–Kier alpha value is -0.440. The predicted molar refractivity (Wildman–Crippen MR) is 49.6 cm³/mol. The van der Waals surface area contributed by atoms with Crippen LogP contribution in [-0.4, -0.2) is 29.5 Å². The van der Waals surface area contributed by atoms with Crippen molar-refractivity contribution < 1.29 is 59.3 Å². The van der Waals surface area contributed by atoms with Crippen LogP contribution in [0.15, 0.2) is 24.3 Å². The first kappa shape index (κ1) is 17.0. The summed E-state index contributed by atoms with van der Waals surface area (Å²) in [5.41, 5.74) is -0.0671. The van der Waals surface area contributed by atoms with Crippen LogP contribution in [0.25, 0.3) is 0 Å². The number of carbonyl (C=O) groups is 1. The van der Waals surface area contributed by atoms with Gasteiger partial charge in [-0.2, -0.15) is 4.21 Å². The quantitative estimate of drug-likeness (QED) is 0.332. The van der Waals surface area contributed by atoms with Gasteiger partial charge in [0.1, 0.15) is 11.3 Å². The van der Waals surface area contributed by atoms with Crippen LogP contribution in [0.5, 0.6) is 5.75 Å². The fourth-order valence-corrected chi connectivity index (χ4v) is 0.654. The molecule has 15 heavy (non-hydrogen) atoms. The van der Waals surface area contributed by atoms with Gasteiger partial charge in [-0.1, -0.05) is 12.1 Å². The van der Waals surface area contributed by atoms with E-state index >= 15 is 0 Å². The van der Waals surface area contributed by atoms with Crippen LogP contribution in [0.3, 0.4) is 0 Å². The second kappa shape index (κ2) is 8.84. The van der Waals surface area contributed by atoms with Crippen LogP contribution < -0.4 is 29.6 Å². The Morgan fingerprint density at radius 1 is 1.27 bits per heavy atom. The molecule has 0 aliphatic heterocycles. The van der Waals surface area contributed by atoms with E-state index in [0.29, 0.717) is 0 Å². The molecule has 0 saturated heterocycles. The third-order valence-corrected chi connectivity index (χ3v) is 1.13. The Balaban J connectivity index is -0.000000249. The van der Waals surface area contributed by atoms with Crippen molar-refractivity contribution in [1.82, 2.24) is 0 Å². The van der Waals surface area contributed by atoms with Crippen LogP contribution >= 0.6 is 0 Å². The third kappa shape index (κ3) is 8.55. The number of aromatic hydroxyl groups is 1. The van der Waals surface area contributed by atoms with Gasteiger partial charge in [0.25, 0.3) is 11.4 Å². The molecule has 4 N–H and O–H groups in total. The van der Waals surface area contributed by atoms with Gasteiger partial charge in [0.2, 0.25) is 0 Å². The van der Waals surface area contributed by atoms with E-state index in [1.807, 2.05) is 0 Å². The fraction of sp³-hybridized carbons (Fsp3) is 0. The maximum atomic E-state index is 10.3. The molecular weight excluding hydrogens is 235 g/mol. The summed E-state index contributed by atoms with van der Waals surface area (Å²) in [5, 5.41) is 17.3. The van der Waals surface area contributed by atoms with Gasteiger partial charge in [0.05, 0.1) is 0 Å². The van der Waals surface area contributed by atoms with Gasteiger partial charge in [-0.05, 0) is 12.1 Å². The number of carboxylic acids is 1. The summed E-state index contributed by atoms with van der Waals surface area (Å²) >= 11 is -2.61. The molecule has 0 aliphatic rings. The van der Waals surface area contributed by atoms with Crippen LogP contribution in [0.2, 0.25) is 0 Å². The van der Waals surface area contributed by atoms with Crippen LogP contribution in [0.4, 0.5) is 0 Å². The molecule has 0 amide bonds. The van der Waals surface area contributed by atoms with Crippen molar-refractivity contribution in [3.05, 3.63) is 29.8 Å². The van der Waals surface area contributed by atoms with Crippen LogP contribution in [0.1, 0.15) is 11.8 Å². The summed E-state index contributed by atoms with van der Waals surface area (Å²) < 4.78 is 22.8. The van der Waals surface area contributed by atoms with E-state index in [9.17, 15) is 4.79 Å². The van der Waals surface area contributed by atoms with Gasteiger partial charge in [-0.25, -0.2) is 4.79 Å². The molecule has 0 heterocycles. The second-order valence-electron chi connectivity index (χ2n) is 2.05. The predicted octanol–water partition coefficient (Wildman–Crippen LogP) is -2.11. The first-order chi connectivity index (χ1) is 6.45. The van der Waals surface area contributed by atoms with Gasteiger partial charge in [-0.15, -0.1) is 0 Å². The van der Waals surface area contributed by atoms with E-state index in [-0.39, 0.29) is 42.3 Å². The summed E-state index contributed by atoms with van der Waals surface area (Å²) in [6.45, 7) is 0.